The normalized spacial score (nSPS) is 10.8. The minimum atomic E-state index is -0.991. The average molecular weight is 570 g/mol. The van der Waals surface area contributed by atoms with E-state index in [9.17, 15) is 14.4 Å². The lowest BCUT2D eigenvalue weighted by Gasteiger charge is -2.12. The van der Waals surface area contributed by atoms with Gasteiger partial charge in [0.2, 0.25) is 0 Å². The first-order valence-corrected chi connectivity index (χ1v) is 11.6. The van der Waals surface area contributed by atoms with Crippen molar-refractivity contribution >= 4 is 45.1 Å². The van der Waals surface area contributed by atoms with E-state index in [1.807, 2.05) is 0 Å². The van der Waals surface area contributed by atoms with Gasteiger partial charge in [0.15, 0.2) is 11.5 Å². The highest BCUT2D eigenvalue weighted by molar-refractivity contribution is 9.10. The maximum atomic E-state index is 12.5. The van der Waals surface area contributed by atoms with E-state index in [4.69, 9.17) is 18.9 Å². The monoisotopic (exact) mass is 569 g/mol. The Kier molecular flexibility index (Phi) is 9.22. The van der Waals surface area contributed by atoms with Gasteiger partial charge in [0.25, 0.3) is 0 Å². The predicted octanol–water partition coefficient (Wildman–Crippen LogP) is 4.17. The second kappa shape index (κ2) is 12.5. The summed E-state index contributed by atoms with van der Waals surface area (Å²) in [5.74, 6) is -1.18. The van der Waals surface area contributed by atoms with E-state index in [1.165, 1.54) is 27.4 Å². The second-order valence-electron chi connectivity index (χ2n) is 7.39. The lowest BCUT2D eigenvalue weighted by molar-refractivity contribution is -0.136. The number of hydrogen-bond acceptors (Lipinski definition) is 8. The molecular weight excluding hydrogens is 546 g/mol. The molecule has 0 aliphatic carbocycles. The van der Waals surface area contributed by atoms with Crippen LogP contribution in [0.25, 0.3) is 0 Å². The summed E-state index contributed by atoms with van der Waals surface area (Å²) in [5, 5.41) is 6.45. The number of esters is 1. The molecule has 0 spiro atoms. The largest absolute Gasteiger partial charge is 0.497 e. The van der Waals surface area contributed by atoms with Crippen molar-refractivity contribution in [1.82, 2.24) is 5.43 Å². The Morgan fingerprint density at radius 2 is 1.51 bits per heavy atom. The fourth-order valence-electron chi connectivity index (χ4n) is 3.10. The van der Waals surface area contributed by atoms with Gasteiger partial charge in [0, 0.05) is 16.1 Å². The van der Waals surface area contributed by atoms with Crippen LogP contribution in [0.4, 0.5) is 5.69 Å². The van der Waals surface area contributed by atoms with E-state index >= 15 is 0 Å². The van der Waals surface area contributed by atoms with E-state index in [0.29, 0.717) is 32.8 Å². The molecule has 0 saturated heterocycles. The third kappa shape index (κ3) is 6.85. The fourth-order valence-corrected chi connectivity index (χ4v) is 3.55. The van der Waals surface area contributed by atoms with Crippen LogP contribution in [0.1, 0.15) is 22.8 Å². The molecule has 0 heterocycles. The zero-order valence-electron chi connectivity index (χ0n) is 20.5. The molecule has 3 aromatic rings. The molecule has 0 radical (unpaired) electrons. The van der Waals surface area contributed by atoms with Gasteiger partial charge in [-0.25, -0.2) is 10.2 Å². The molecule has 0 bridgehead atoms. The molecule has 0 aromatic heterocycles. The first kappa shape index (κ1) is 27.2. The van der Waals surface area contributed by atoms with Crippen LogP contribution < -0.4 is 29.7 Å². The molecule has 37 heavy (non-hydrogen) atoms. The van der Waals surface area contributed by atoms with E-state index in [2.05, 4.69) is 31.8 Å². The second-order valence-corrected chi connectivity index (χ2v) is 8.25. The van der Waals surface area contributed by atoms with E-state index in [-0.39, 0.29) is 17.2 Å². The number of carbonyl (C=O) groups is 3. The van der Waals surface area contributed by atoms with Crippen molar-refractivity contribution in [2.75, 3.05) is 26.6 Å². The molecule has 0 saturated carbocycles. The van der Waals surface area contributed by atoms with Crippen LogP contribution in [0.5, 0.6) is 23.0 Å². The van der Waals surface area contributed by atoms with E-state index < -0.39 is 17.8 Å². The van der Waals surface area contributed by atoms with Gasteiger partial charge < -0.3 is 24.3 Å². The number of hydrogen-bond donors (Lipinski definition) is 2. The zero-order valence-corrected chi connectivity index (χ0v) is 22.0. The molecule has 0 aliphatic rings. The first-order chi connectivity index (χ1) is 17.8. The predicted molar refractivity (Wildman–Crippen MR) is 141 cm³/mol. The summed E-state index contributed by atoms with van der Waals surface area (Å²) in [4.78, 5) is 37.2. The van der Waals surface area contributed by atoms with Gasteiger partial charge in [-0.15, -0.1) is 0 Å². The third-order valence-corrected chi connectivity index (χ3v) is 5.76. The summed E-state index contributed by atoms with van der Waals surface area (Å²) in [6.45, 7) is 1.63. The number of ether oxygens (including phenoxy) is 4. The molecule has 3 rings (SSSR count). The summed E-state index contributed by atoms with van der Waals surface area (Å²) in [5.41, 5.74) is 3.78. The Morgan fingerprint density at radius 1 is 0.811 bits per heavy atom. The smallest absolute Gasteiger partial charge is 0.344 e. The highest BCUT2D eigenvalue weighted by Gasteiger charge is 2.18. The number of nitrogens with zero attached hydrogens (tertiary/aromatic N) is 1. The van der Waals surface area contributed by atoms with Crippen molar-refractivity contribution in [3.8, 4) is 23.0 Å². The Bertz CT molecular complexity index is 1360. The number of benzene rings is 3. The topological polar surface area (TPSA) is 125 Å². The van der Waals surface area contributed by atoms with E-state index in [1.54, 1.807) is 61.5 Å². The van der Waals surface area contributed by atoms with Gasteiger partial charge >= 0.3 is 17.8 Å². The van der Waals surface area contributed by atoms with Crippen LogP contribution in [0.15, 0.2) is 70.2 Å². The average Bonchev–Trinajstić information content (AvgIpc) is 2.91. The van der Waals surface area contributed by atoms with Crippen LogP contribution in [0.3, 0.4) is 0 Å². The SMILES string of the molecule is COc1ccc(OC)c(NC(=O)C(=O)N/N=C(\C)c2ccc(OC(=O)c3ccccc3Br)c(OC)c2)c1. The maximum Gasteiger partial charge on any atom is 0.344 e. The van der Waals surface area contributed by atoms with Gasteiger partial charge in [-0.3, -0.25) is 9.59 Å². The van der Waals surface area contributed by atoms with Crippen LogP contribution in [0.2, 0.25) is 0 Å². The van der Waals surface area contributed by atoms with Gasteiger partial charge in [0.05, 0.1) is 38.3 Å². The van der Waals surface area contributed by atoms with Crippen molar-refractivity contribution in [1.29, 1.82) is 0 Å². The third-order valence-electron chi connectivity index (χ3n) is 5.06. The standard InChI is InChI=1S/C26H24BrN3O7/c1-15(29-30-25(32)24(31)28-20-14-17(34-2)10-12-21(20)35-3)16-9-11-22(23(13-16)36-4)37-26(33)18-7-5-6-8-19(18)27/h5-14H,1-4H3,(H,28,31)(H,30,32)/b29-15+. The molecule has 0 unspecified atom stereocenters. The number of halogens is 1. The van der Waals surface area contributed by atoms with Crippen LogP contribution in [-0.4, -0.2) is 44.8 Å². The molecular formula is C26H24BrN3O7. The Balaban J connectivity index is 1.69. The quantitative estimate of drug-likeness (QED) is 0.137. The number of hydrazone groups is 1. The Morgan fingerprint density at radius 3 is 2.19 bits per heavy atom. The maximum absolute atomic E-state index is 12.5. The number of carbonyl (C=O) groups excluding carboxylic acids is 3. The number of rotatable bonds is 8. The van der Waals surface area contributed by atoms with Crippen molar-refractivity contribution in [3.05, 3.63) is 76.3 Å². The van der Waals surface area contributed by atoms with Gasteiger partial charge in [-0.1, -0.05) is 12.1 Å². The number of nitrogens with one attached hydrogen (secondary N) is 2. The van der Waals surface area contributed by atoms with Crippen molar-refractivity contribution in [2.24, 2.45) is 5.10 Å². The number of anilines is 1. The summed E-state index contributed by atoms with van der Waals surface area (Å²) >= 11 is 3.32. The van der Waals surface area contributed by atoms with Gasteiger partial charge in [-0.2, -0.15) is 5.10 Å². The summed E-state index contributed by atoms with van der Waals surface area (Å²) in [7, 11) is 4.35. The molecule has 0 fully saturated rings. The molecule has 192 valence electrons. The van der Waals surface area contributed by atoms with Gasteiger partial charge in [0.1, 0.15) is 11.5 Å². The van der Waals surface area contributed by atoms with Crippen LogP contribution in [-0.2, 0) is 9.59 Å². The Hall–Kier alpha value is -4.38. The molecule has 2 N–H and O–H groups in total. The lowest BCUT2D eigenvalue weighted by Crippen LogP contribution is -2.33. The fraction of sp³-hybridized carbons (Fsp3) is 0.154. The molecule has 3 aromatic carbocycles. The number of methoxy groups -OCH3 is 3. The van der Waals surface area contributed by atoms with Crippen LogP contribution in [0, 0.1) is 0 Å². The first-order valence-electron chi connectivity index (χ1n) is 10.8. The van der Waals surface area contributed by atoms with Crippen molar-refractivity contribution in [2.45, 2.75) is 6.92 Å². The lowest BCUT2D eigenvalue weighted by atomic mass is 10.1. The minimum absolute atomic E-state index is 0.204. The summed E-state index contributed by atoms with van der Waals surface area (Å²) < 4.78 is 21.8. The van der Waals surface area contributed by atoms with Crippen LogP contribution >= 0.6 is 15.9 Å². The molecule has 0 atom stereocenters. The highest BCUT2D eigenvalue weighted by atomic mass is 79.9. The molecule has 2 amide bonds. The zero-order chi connectivity index (χ0) is 26.9. The minimum Gasteiger partial charge on any atom is -0.497 e. The Labute approximate surface area is 221 Å². The number of amides is 2. The molecule has 10 nitrogen and oxygen atoms in total. The highest BCUT2D eigenvalue weighted by Crippen LogP contribution is 2.30. The van der Waals surface area contributed by atoms with Gasteiger partial charge in [-0.05, 0) is 65.3 Å². The summed E-state index contributed by atoms with van der Waals surface area (Å²) in [6, 6.07) is 16.4. The molecule has 11 heteroatoms. The van der Waals surface area contributed by atoms with Crippen molar-refractivity contribution < 1.29 is 33.3 Å². The van der Waals surface area contributed by atoms with E-state index in [0.717, 1.165) is 0 Å². The summed E-state index contributed by atoms with van der Waals surface area (Å²) in [6.07, 6.45) is 0. The molecule has 0 aliphatic heterocycles. The van der Waals surface area contributed by atoms with Crippen molar-refractivity contribution in [3.63, 3.8) is 0 Å².